The molecule has 0 N–H and O–H groups in total. The number of sulfonamides is 1. The van der Waals surface area contributed by atoms with Gasteiger partial charge in [0.05, 0.1) is 17.5 Å². The Hall–Kier alpha value is -2.45. The fourth-order valence-electron chi connectivity index (χ4n) is 3.11. The molecule has 0 saturated carbocycles. The lowest BCUT2D eigenvalue weighted by Gasteiger charge is -2.21. The van der Waals surface area contributed by atoms with E-state index in [9.17, 15) is 18.0 Å². The largest absolute Gasteiger partial charge is 0.454 e. The Labute approximate surface area is 162 Å². The Morgan fingerprint density at radius 3 is 2.74 bits per heavy atom. The number of nitrogens with zero attached hydrogens (tertiary/aromatic N) is 2. The Morgan fingerprint density at radius 2 is 2.07 bits per heavy atom. The van der Waals surface area contributed by atoms with E-state index in [4.69, 9.17) is 16.3 Å². The molecule has 1 aliphatic heterocycles. The van der Waals surface area contributed by atoms with Crippen LogP contribution in [0.4, 0.5) is 5.69 Å². The summed E-state index contributed by atoms with van der Waals surface area (Å²) in [6, 6.07) is 7.56. The Bertz CT molecular complexity index is 1020. The zero-order valence-corrected chi connectivity index (χ0v) is 16.2. The van der Waals surface area contributed by atoms with Crippen LogP contribution in [0.2, 0.25) is 5.15 Å². The number of esters is 1. The zero-order chi connectivity index (χ0) is 19.8. The number of pyridine rings is 1. The highest BCUT2D eigenvalue weighted by Crippen LogP contribution is 2.34. The van der Waals surface area contributed by atoms with Gasteiger partial charge in [0.25, 0.3) is 0 Å². The van der Waals surface area contributed by atoms with Gasteiger partial charge < -0.3 is 4.74 Å². The van der Waals surface area contributed by atoms with E-state index in [0.29, 0.717) is 17.7 Å². The van der Waals surface area contributed by atoms with E-state index < -0.39 is 28.4 Å². The maximum absolute atomic E-state index is 12.4. The first kappa shape index (κ1) is 19.3. The van der Waals surface area contributed by atoms with Crippen molar-refractivity contribution < 1.29 is 22.7 Å². The van der Waals surface area contributed by atoms with Crippen LogP contribution in [0.15, 0.2) is 36.5 Å². The van der Waals surface area contributed by atoms with E-state index in [2.05, 4.69) is 4.98 Å². The number of ketones is 1. The number of benzene rings is 1. The van der Waals surface area contributed by atoms with Gasteiger partial charge in [-0.05, 0) is 49.2 Å². The number of rotatable bonds is 5. The smallest absolute Gasteiger partial charge is 0.341 e. The van der Waals surface area contributed by atoms with Crippen LogP contribution in [0.5, 0.6) is 0 Å². The lowest BCUT2D eigenvalue weighted by molar-refractivity contribution is 0.0474. The molecule has 3 rings (SSSR count). The molecule has 2 aromatic rings. The van der Waals surface area contributed by atoms with Crippen LogP contribution in [0.25, 0.3) is 0 Å². The van der Waals surface area contributed by atoms with Gasteiger partial charge in [0.15, 0.2) is 12.4 Å². The zero-order valence-electron chi connectivity index (χ0n) is 14.7. The summed E-state index contributed by atoms with van der Waals surface area (Å²) in [7, 11) is -3.39. The Kier molecular flexibility index (Phi) is 5.21. The number of hydrogen-bond acceptors (Lipinski definition) is 6. The summed E-state index contributed by atoms with van der Waals surface area (Å²) in [4.78, 5) is 28.2. The molecule has 27 heavy (non-hydrogen) atoms. The SMILES string of the molecule is C[C@@H]1Cc2cc(C(=O)COC(=O)c3cccnc3Cl)ccc2N1S(C)(=O)=O. The second kappa shape index (κ2) is 7.28. The summed E-state index contributed by atoms with van der Waals surface area (Å²) < 4.78 is 30.3. The Balaban J connectivity index is 1.73. The van der Waals surface area contributed by atoms with E-state index in [0.717, 1.165) is 11.8 Å². The first-order valence-corrected chi connectivity index (χ1v) is 10.3. The quantitative estimate of drug-likeness (QED) is 0.428. The van der Waals surface area contributed by atoms with Gasteiger partial charge in [-0.1, -0.05) is 11.6 Å². The van der Waals surface area contributed by atoms with Crippen LogP contribution in [0, 0.1) is 0 Å². The molecule has 7 nitrogen and oxygen atoms in total. The summed E-state index contributed by atoms with van der Waals surface area (Å²) >= 11 is 5.83. The molecule has 1 aromatic heterocycles. The third kappa shape index (κ3) is 3.96. The van der Waals surface area contributed by atoms with Crippen molar-refractivity contribution in [2.75, 3.05) is 17.2 Å². The summed E-state index contributed by atoms with van der Waals surface area (Å²) in [6.45, 7) is 1.36. The van der Waals surface area contributed by atoms with Crippen LogP contribution >= 0.6 is 11.6 Å². The predicted molar refractivity (Wildman–Crippen MR) is 101 cm³/mol. The van der Waals surface area contributed by atoms with Crippen molar-refractivity contribution >= 4 is 39.1 Å². The second-order valence-corrected chi connectivity index (χ2v) is 8.51. The van der Waals surface area contributed by atoms with Crippen molar-refractivity contribution in [2.24, 2.45) is 0 Å². The number of fused-ring (bicyclic) bond motifs is 1. The highest BCUT2D eigenvalue weighted by Gasteiger charge is 2.32. The van der Waals surface area contributed by atoms with Gasteiger partial charge >= 0.3 is 5.97 Å². The fraction of sp³-hybridized carbons (Fsp3) is 0.278. The van der Waals surface area contributed by atoms with Crippen LogP contribution < -0.4 is 4.31 Å². The normalized spacial score (nSPS) is 16.1. The van der Waals surface area contributed by atoms with Gasteiger partial charge in [0, 0.05) is 17.8 Å². The fourth-order valence-corrected chi connectivity index (χ4v) is 4.57. The molecule has 0 spiro atoms. The van der Waals surface area contributed by atoms with Gasteiger partial charge in [-0.2, -0.15) is 0 Å². The van der Waals surface area contributed by atoms with Crippen molar-refractivity contribution in [3.63, 3.8) is 0 Å². The van der Waals surface area contributed by atoms with Crippen LogP contribution in [-0.4, -0.2) is 44.1 Å². The number of aromatic nitrogens is 1. The van der Waals surface area contributed by atoms with Crippen LogP contribution in [0.3, 0.4) is 0 Å². The van der Waals surface area contributed by atoms with Crippen molar-refractivity contribution in [1.29, 1.82) is 0 Å². The number of carbonyl (C=O) groups is 2. The molecule has 0 amide bonds. The molecule has 0 aliphatic carbocycles. The minimum absolute atomic E-state index is 0.00216. The minimum Gasteiger partial charge on any atom is -0.454 e. The maximum Gasteiger partial charge on any atom is 0.341 e. The third-order valence-corrected chi connectivity index (χ3v) is 5.80. The molecular weight excluding hydrogens is 392 g/mol. The molecule has 0 saturated heterocycles. The lowest BCUT2D eigenvalue weighted by Crippen LogP contribution is -2.34. The maximum atomic E-state index is 12.4. The molecule has 1 atom stereocenters. The molecule has 0 unspecified atom stereocenters. The van der Waals surface area contributed by atoms with Crippen molar-refractivity contribution in [3.8, 4) is 0 Å². The molecule has 0 bridgehead atoms. The van der Waals surface area contributed by atoms with Gasteiger partial charge in [-0.3, -0.25) is 9.10 Å². The highest BCUT2D eigenvalue weighted by molar-refractivity contribution is 7.92. The average molecular weight is 409 g/mol. The van der Waals surface area contributed by atoms with Crippen molar-refractivity contribution in [3.05, 3.63) is 58.4 Å². The molecule has 0 fully saturated rings. The predicted octanol–water partition coefficient (Wildman–Crippen LogP) is 2.49. The molecule has 1 aliphatic rings. The average Bonchev–Trinajstić information content (AvgIpc) is 2.94. The second-order valence-electron chi connectivity index (χ2n) is 6.30. The summed E-state index contributed by atoms with van der Waals surface area (Å²) in [6.07, 6.45) is 3.10. The summed E-state index contributed by atoms with van der Waals surface area (Å²) in [5, 5.41) is 0.00216. The number of halogens is 1. The summed E-state index contributed by atoms with van der Waals surface area (Å²) in [5.74, 6) is -1.13. The Morgan fingerprint density at radius 1 is 1.33 bits per heavy atom. The van der Waals surface area contributed by atoms with E-state index >= 15 is 0 Å². The molecule has 9 heteroatoms. The van der Waals surface area contributed by atoms with Gasteiger partial charge in [0.2, 0.25) is 10.0 Å². The minimum atomic E-state index is -3.39. The molecule has 0 radical (unpaired) electrons. The van der Waals surface area contributed by atoms with E-state index in [1.54, 1.807) is 18.2 Å². The monoisotopic (exact) mass is 408 g/mol. The number of Topliss-reactive ketones (excluding diaryl/α,β-unsaturated/α-hetero) is 1. The van der Waals surface area contributed by atoms with E-state index in [-0.39, 0.29) is 16.8 Å². The number of ether oxygens (including phenoxy) is 1. The first-order chi connectivity index (χ1) is 12.7. The van der Waals surface area contributed by atoms with Gasteiger partial charge in [0.1, 0.15) is 5.15 Å². The van der Waals surface area contributed by atoms with Gasteiger partial charge in [-0.25, -0.2) is 18.2 Å². The lowest BCUT2D eigenvalue weighted by atomic mass is 10.0. The topological polar surface area (TPSA) is 93.6 Å². The standard InChI is InChI=1S/C18H17ClN2O5S/c1-11-8-13-9-12(5-6-15(13)21(11)27(2,24)25)16(22)10-26-18(23)14-4-3-7-20-17(14)19/h3-7,9,11H,8,10H2,1-2H3/t11-/m1/s1. The summed E-state index contributed by atoms with van der Waals surface area (Å²) in [5.41, 5.74) is 1.76. The number of anilines is 1. The molecule has 2 heterocycles. The van der Waals surface area contributed by atoms with E-state index in [1.165, 1.54) is 22.6 Å². The first-order valence-electron chi connectivity index (χ1n) is 8.11. The highest BCUT2D eigenvalue weighted by atomic mass is 35.5. The van der Waals surface area contributed by atoms with Crippen molar-refractivity contribution in [1.82, 2.24) is 4.98 Å². The van der Waals surface area contributed by atoms with Crippen LogP contribution in [-0.2, 0) is 21.2 Å². The van der Waals surface area contributed by atoms with Crippen molar-refractivity contribution in [2.45, 2.75) is 19.4 Å². The molecule has 142 valence electrons. The van der Waals surface area contributed by atoms with Crippen LogP contribution in [0.1, 0.15) is 33.2 Å². The van der Waals surface area contributed by atoms with E-state index in [1.807, 2.05) is 6.92 Å². The number of carbonyl (C=O) groups excluding carboxylic acids is 2. The van der Waals surface area contributed by atoms with Gasteiger partial charge in [-0.15, -0.1) is 0 Å². The third-order valence-electron chi connectivity index (χ3n) is 4.23. The molecular formula is C18H17ClN2O5S. The number of hydrogen-bond donors (Lipinski definition) is 0. The molecule has 1 aromatic carbocycles.